The number of piperazine rings is 1. The molecule has 5 N–H and O–H groups in total. The fourth-order valence-electron chi connectivity index (χ4n) is 4.59. The molecule has 0 radical (unpaired) electrons. The van der Waals surface area contributed by atoms with Crippen LogP contribution in [0.5, 0.6) is 5.75 Å². The van der Waals surface area contributed by atoms with Crippen LogP contribution >= 0.6 is 0 Å². The Kier molecular flexibility index (Phi) is 8.42. The van der Waals surface area contributed by atoms with E-state index in [2.05, 4.69) is 10.6 Å². The van der Waals surface area contributed by atoms with Crippen molar-refractivity contribution < 1.29 is 57.4 Å². The molecule has 0 saturated carbocycles. The highest BCUT2D eigenvalue weighted by atomic mass is 19.2. The van der Waals surface area contributed by atoms with Gasteiger partial charge in [0, 0.05) is 25.2 Å². The van der Waals surface area contributed by atoms with Gasteiger partial charge < -0.3 is 35.4 Å². The molecule has 2 atom stereocenters. The van der Waals surface area contributed by atoms with Gasteiger partial charge in [-0.25, -0.2) is 23.2 Å². The zero-order chi connectivity index (χ0) is 30.9. The smallest absolute Gasteiger partial charge is 0.534 e. The fourth-order valence-corrected chi connectivity index (χ4v) is 4.59. The van der Waals surface area contributed by atoms with E-state index in [1.807, 2.05) is 0 Å². The summed E-state index contributed by atoms with van der Waals surface area (Å²) in [6, 6.07) is 2.14. The first-order chi connectivity index (χ1) is 19.8. The third-order valence-electron chi connectivity index (χ3n) is 6.80. The summed E-state index contributed by atoms with van der Waals surface area (Å²) in [6.45, 7) is 1.51. The number of para-hydroxylation sites is 1. The topological polar surface area (TPSA) is 203 Å². The second kappa shape index (κ2) is 11.8. The van der Waals surface area contributed by atoms with Crippen LogP contribution in [0, 0.1) is 11.6 Å². The second-order valence-electron chi connectivity index (χ2n) is 9.29. The molecule has 4 rings (SSSR count). The maximum Gasteiger partial charge on any atom is 0.547 e. The van der Waals surface area contributed by atoms with Crippen LogP contribution in [-0.4, -0.2) is 93.4 Å². The Morgan fingerprint density at radius 3 is 2.36 bits per heavy atom. The summed E-state index contributed by atoms with van der Waals surface area (Å²) in [7, 11) is -1.81. The van der Waals surface area contributed by atoms with Gasteiger partial charge in [-0.1, -0.05) is 18.2 Å². The first kappa shape index (κ1) is 29.9. The Balaban J connectivity index is 1.64. The summed E-state index contributed by atoms with van der Waals surface area (Å²) in [4.78, 5) is 75.6. The highest BCUT2D eigenvalue weighted by molar-refractivity contribution is 6.47. The number of benzene rings is 2. The highest BCUT2D eigenvalue weighted by Gasteiger charge is 2.41. The number of halogens is 2. The average Bonchev–Trinajstić information content (AvgIpc) is 2.94. The number of rotatable bonds is 7. The van der Waals surface area contributed by atoms with E-state index in [1.165, 1.54) is 23.1 Å². The van der Waals surface area contributed by atoms with Crippen molar-refractivity contribution in [2.75, 3.05) is 19.6 Å². The number of fused-ring (bicyclic) bond motifs is 1. The molecule has 2 heterocycles. The van der Waals surface area contributed by atoms with Crippen LogP contribution in [-0.2, 0) is 20.8 Å². The van der Waals surface area contributed by atoms with Crippen LogP contribution in [0.15, 0.2) is 30.3 Å². The number of carboxylic acids is 2. The third kappa shape index (κ3) is 5.58. The molecular formula is C25H23BF2N4O10. The van der Waals surface area contributed by atoms with Gasteiger partial charge in [-0.15, -0.1) is 0 Å². The molecule has 2 aromatic rings. The van der Waals surface area contributed by atoms with E-state index < -0.39 is 77.6 Å². The van der Waals surface area contributed by atoms with Gasteiger partial charge in [-0.3, -0.25) is 19.3 Å². The molecule has 17 heteroatoms. The number of hydrogen-bond donors (Lipinski definition) is 5. The van der Waals surface area contributed by atoms with Crippen LogP contribution in [0.4, 0.5) is 13.6 Å². The van der Waals surface area contributed by atoms with Crippen molar-refractivity contribution in [3.63, 3.8) is 0 Å². The Hall–Kier alpha value is -5.06. The van der Waals surface area contributed by atoms with Crippen molar-refractivity contribution in [3.05, 3.63) is 64.2 Å². The van der Waals surface area contributed by atoms with E-state index in [0.29, 0.717) is 11.0 Å². The van der Waals surface area contributed by atoms with Gasteiger partial charge in [0.1, 0.15) is 11.8 Å². The molecule has 0 spiro atoms. The van der Waals surface area contributed by atoms with Crippen molar-refractivity contribution in [1.29, 1.82) is 0 Å². The number of nitrogens with one attached hydrogen (secondary N) is 2. The van der Waals surface area contributed by atoms with Gasteiger partial charge in [0.05, 0.1) is 17.1 Å². The predicted molar refractivity (Wildman–Crippen MR) is 136 cm³/mol. The van der Waals surface area contributed by atoms with Crippen LogP contribution < -0.4 is 15.3 Å². The second-order valence-corrected chi connectivity index (χ2v) is 9.29. The minimum atomic E-state index is -2.10. The Bertz CT molecular complexity index is 1510. The summed E-state index contributed by atoms with van der Waals surface area (Å²) >= 11 is 0. The molecule has 2 aliphatic heterocycles. The van der Waals surface area contributed by atoms with E-state index in [0.717, 1.165) is 6.07 Å². The van der Waals surface area contributed by atoms with E-state index in [1.54, 1.807) is 6.92 Å². The van der Waals surface area contributed by atoms with Gasteiger partial charge in [-0.2, -0.15) is 0 Å². The SMILES string of the molecule is CCN1CCN(C(=O)N[C@H](C(=O)N[C@H]2Cc3cccc(C(=O)O)c3OB2O)c2ccc(C(=O)O)c(F)c2F)C(=O)C1=O. The standard InChI is InChI=1S/C25H23BF2N4O10/c1-2-31-8-9-32(22(35)21(31)34)25(40)30-18(12-6-7-13(23(36)37)17(28)16(12)27)20(33)29-15-10-11-4-3-5-14(24(38)39)19(11)42-26(15)41/h3-7,15,18,41H,2,8-10H2,1H3,(H,29,33)(H,30,40)(H,36,37)(H,38,39)/t15-,18-/m0/s1. The number of aromatic carboxylic acids is 2. The van der Waals surface area contributed by atoms with Crippen molar-refractivity contribution in [2.45, 2.75) is 25.3 Å². The molecule has 1 saturated heterocycles. The first-order valence-electron chi connectivity index (χ1n) is 12.5. The average molecular weight is 588 g/mol. The Labute approximate surface area is 236 Å². The lowest BCUT2D eigenvalue weighted by Crippen LogP contribution is -2.60. The number of carboxylic acid groups (broad SMARTS) is 2. The number of hydrogen-bond acceptors (Lipinski definition) is 8. The monoisotopic (exact) mass is 588 g/mol. The number of imide groups is 1. The molecule has 1 fully saturated rings. The minimum absolute atomic E-state index is 0.0228. The minimum Gasteiger partial charge on any atom is -0.534 e. The van der Waals surface area contributed by atoms with E-state index >= 15 is 4.39 Å². The molecule has 2 aliphatic rings. The Morgan fingerprint density at radius 2 is 1.71 bits per heavy atom. The molecule has 5 amide bonds. The summed E-state index contributed by atoms with van der Waals surface area (Å²) in [6.07, 6.45) is -0.176. The summed E-state index contributed by atoms with van der Waals surface area (Å²) in [5, 5.41) is 33.4. The van der Waals surface area contributed by atoms with E-state index in [4.69, 9.17) is 9.76 Å². The zero-order valence-electron chi connectivity index (χ0n) is 21.8. The quantitative estimate of drug-likeness (QED) is 0.215. The third-order valence-corrected chi connectivity index (χ3v) is 6.80. The van der Waals surface area contributed by atoms with Crippen molar-refractivity contribution in [3.8, 4) is 5.75 Å². The van der Waals surface area contributed by atoms with E-state index in [9.17, 15) is 43.3 Å². The summed E-state index contributed by atoms with van der Waals surface area (Å²) in [5.41, 5.74) is -1.85. The lowest BCUT2D eigenvalue weighted by molar-refractivity contribution is -0.153. The van der Waals surface area contributed by atoms with Gasteiger partial charge in [-0.05, 0) is 31.0 Å². The zero-order valence-corrected chi connectivity index (χ0v) is 21.8. The molecule has 0 aromatic heterocycles. The molecular weight excluding hydrogens is 565 g/mol. The van der Waals surface area contributed by atoms with Crippen LogP contribution in [0.3, 0.4) is 0 Å². The maximum absolute atomic E-state index is 15.1. The van der Waals surface area contributed by atoms with Crippen molar-refractivity contribution in [2.24, 2.45) is 0 Å². The molecule has 0 aliphatic carbocycles. The number of nitrogens with zero attached hydrogens (tertiary/aromatic N) is 2. The number of amides is 5. The molecule has 0 bridgehead atoms. The lowest BCUT2D eigenvalue weighted by atomic mass is 9.72. The van der Waals surface area contributed by atoms with Crippen LogP contribution in [0.25, 0.3) is 0 Å². The number of likely N-dealkylation sites (N-methyl/N-ethyl adjacent to an activating group) is 1. The maximum atomic E-state index is 15.1. The number of urea groups is 1. The largest absolute Gasteiger partial charge is 0.547 e. The van der Waals surface area contributed by atoms with Crippen molar-refractivity contribution in [1.82, 2.24) is 20.4 Å². The van der Waals surface area contributed by atoms with Gasteiger partial charge in [0.15, 0.2) is 11.6 Å². The molecule has 2 aromatic carbocycles. The molecule has 220 valence electrons. The predicted octanol–water partition coefficient (Wildman–Crippen LogP) is -0.0578. The normalized spacial score (nSPS) is 17.2. The highest BCUT2D eigenvalue weighted by Crippen LogP contribution is 2.31. The number of carbonyl (C=O) groups excluding carboxylic acids is 4. The Morgan fingerprint density at radius 1 is 1.02 bits per heavy atom. The van der Waals surface area contributed by atoms with Crippen LogP contribution in [0.2, 0.25) is 0 Å². The van der Waals surface area contributed by atoms with E-state index in [-0.39, 0.29) is 42.9 Å². The lowest BCUT2D eigenvalue weighted by Gasteiger charge is -2.33. The number of carbonyl (C=O) groups is 6. The van der Waals surface area contributed by atoms with Crippen LogP contribution in [0.1, 0.15) is 44.8 Å². The molecule has 0 unspecified atom stereocenters. The molecule has 42 heavy (non-hydrogen) atoms. The van der Waals surface area contributed by atoms with Gasteiger partial charge in [0.2, 0.25) is 5.91 Å². The van der Waals surface area contributed by atoms with Crippen molar-refractivity contribution >= 4 is 42.8 Å². The summed E-state index contributed by atoms with van der Waals surface area (Å²) in [5.74, 6) is -11.6. The van der Waals surface area contributed by atoms with Gasteiger partial charge in [0.25, 0.3) is 0 Å². The fraction of sp³-hybridized carbons (Fsp3) is 0.280. The first-order valence-corrected chi connectivity index (χ1v) is 12.5. The summed E-state index contributed by atoms with van der Waals surface area (Å²) < 4.78 is 35.0. The molecule has 14 nitrogen and oxygen atoms in total. The van der Waals surface area contributed by atoms with Gasteiger partial charge >= 0.3 is 36.9 Å².